The summed E-state index contributed by atoms with van der Waals surface area (Å²) in [6.45, 7) is 1.37. The highest BCUT2D eigenvalue weighted by atomic mass is 32.2. The van der Waals surface area contributed by atoms with E-state index in [9.17, 15) is 13.2 Å². The van der Waals surface area contributed by atoms with E-state index in [4.69, 9.17) is 4.74 Å². The van der Waals surface area contributed by atoms with Crippen molar-refractivity contribution in [1.29, 1.82) is 0 Å². The lowest BCUT2D eigenvalue weighted by atomic mass is 9.53. The van der Waals surface area contributed by atoms with Crippen molar-refractivity contribution in [1.82, 2.24) is 0 Å². The summed E-state index contributed by atoms with van der Waals surface area (Å²) >= 11 is 0. The maximum Gasteiger partial charge on any atom is 0.303 e. The van der Waals surface area contributed by atoms with Gasteiger partial charge in [0, 0.05) is 18.4 Å². The number of fused-ring (bicyclic) bond motifs is 6. The molecule has 2 aliphatic carbocycles. The van der Waals surface area contributed by atoms with Crippen LogP contribution in [0.15, 0.2) is 29.2 Å². The van der Waals surface area contributed by atoms with E-state index in [2.05, 4.69) is 0 Å². The lowest BCUT2D eigenvalue weighted by molar-refractivity contribution is -0.200. The molecule has 4 atom stereocenters. The van der Waals surface area contributed by atoms with Crippen molar-refractivity contribution in [3.8, 4) is 0 Å². The van der Waals surface area contributed by atoms with Crippen molar-refractivity contribution in [3.05, 3.63) is 29.8 Å². The Kier molecular flexibility index (Phi) is 2.60. The second kappa shape index (κ2) is 4.09. The second-order valence-electron chi connectivity index (χ2n) is 6.40. The highest BCUT2D eigenvalue weighted by molar-refractivity contribution is 7.92. The SMILES string of the molecule is CC(=O)OC12c3ccccc3S(=O)(=O)C1C1CCCCC12. The van der Waals surface area contributed by atoms with Gasteiger partial charge in [-0.3, -0.25) is 4.79 Å². The van der Waals surface area contributed by atoms with Gasteiger partial charge in [-0.15, -0.1) is 0 Å². The van der Waals surface area contributed by atoms with Crippen LogP contribution in [0, 0.1) is 11.8 Å². The summed E-state index contributed by atoms with van der Waals surface area (Å²) in [5.41, 5.74) is -0.222. The summed E-state index contributed by atoms with van der Waals surface area (Å²) in [5, 5.41) is -0.573. The van der Waals surface area contributed by atoms with E-state index >= 15 is 0 Å². The molecule has 4 unspecified atom stereocenters. The summed E-state index contributed by atoms with van der Waals surface area (Å²) in [4.78, 5) is 12.0. The van der Waals surface area contributed by atoms with Crippen molar-refractivity contribution in [3.63, 3.8) is 0 Å². The lowest BCUT2D eigenvalue weighted by Gasteiger charge is -2.58. The third-order valence-electron chi connectivity index (χ3n) is 5.44. The van der Waals surface area contributed by atoms with Gasteiger partial charge in [-0.25, -0.2) is 8.42 Å². The molecule has 0 aromatic heterocycles. The van der Waals surface area contributed by atoms with Crippen LogP contribution in [0.3, 0.4) is 0 Å². The molecule has 0 bridgehead atoms. The monoisotopic (exact) mass is 306 g/mol. The standard InChI is InChI=1S/C16H18O4S/c1-10(17)20-16-12-7-3-2-6-11(12)15(16)21(18,19)14-9-5-4-8-13(14)16/h4-5,8-9,11-12,15H,2-3,6-7H2,1H3. The minimum absolute atomic E-state index is 0.135. The third kappa shape index (κ3) is 1.45. The van der Waals surface area contributed by atoms with Crippen LogP contribution in [0.2, 0.25) is 0 Å². The topological polar surface area (TPSA) is 60.4 Å². The first-order valence-corrected chi connectivity index (χ1v) is 9.07. The second-order valence-corrected chi connectivity index (χ2v) is 8.44. The number of carbonyl (C=O) groups excluding carboxylic acids is 1. The normalized spacial score (nSPS) is 38.6. The molecule has 1 aliphatic heterocycles. The predicted octanol–water partition coefficient (Wildman–Crippen LogP) is 2.42. The molecule has 3 aliphatic rings. The predicted molar refractivity (Wildman–Crippen MR) is 76.3 cm³/mol. The molecule has 5 heteroatoms. The van der Waals surface area contributed by atoms with E-state index in [-0.39, 0.29) is 11.8 Å². The van der Waals surface area contributed by atoms with Crippen LogP contribution >= 0.6 is 0 Å². The first-order chi connectivity index (χ1) is 9.99. The highest BCUT2D eigenvalue weighted by Crippen LogP contribution is 2.67. The van der Waals surface area contributed by atoms with Gasteiger partial charge < -0.3 is 4.74 Å². The summed E-state index contributed by atoms with van der Waals surface area (Å²) in [6.07, 6.45) is 4.02. The smallest absolute Gasteiger partial charge is 0.303 e. The van der Waals surface area contributed by atoms with Crippen molar-refractivity contribution in [2.45, 2.75) is 48.4 Å². The maximum atomic E-state index is 12.9. The molecule has 2 saturated carbocycles. The molecular weight excluding hydrogens is 288 g/mol. The number of ether oxygens (including phenoxy) is 1. The lowest BCUT2D eigenvalue weighted by Crippen LogP contribution is -2.65. The summed E-state index contributed by atoms with van der Waals surface area (Å²) < 4.78 is 31.5. The quantitative estimate of drug-likeness (QED) is 0.748. The molecule has 0 N–H and O–H groups in total. The first-order valence-electron chi connectivity index (χ1n) is 7.52. The summed E-state index contributed by atoms with van der Waals surface area (Å²) in [7, 11) is -3.40. The van der Waals surface area contributed by atoms with E-state index in [1.165, 1.54) is 6.92 Å². The zero-order valence-corrected chi connectivity index (χ0v) is 12.7. The van der Waals surface area contributed by atoms with Crippen LogP contribution in [-0.4, -0.2) is 19.6 Å². The summed E-state index contributed by atoms with van der Waals surface area (Å²) in [6, 6.07) is 7.05. The van der Waals surface area contributed by atoms with Gasteiger partial charge in [-0.1, -0.05) is 31.0 Å². The molecule has 1 heterocycles. The molecule has 0 radical (unpaired) electrons. The average molecular weight is 306 g/mol. The van der Waals surface area contributed by atoms with Crippen LogP contribution in [0.5, 0.6) is 0 Å². The molecule has 0 saturated heterocycles. The molecule has 0 amide bonds. The Morgan fingerprint density at radius 3 is 2.71 bits per heavy atom. The molecule has 112 valence electrons. The summed E-state index contributed by atoms with van der Waals surface area (Å²) in [5.74, 6) is -0.106. The Bertz CT molecular complexity index is 724. The number of rotatable bonds is 1. The van der Waals surface area contributed by atoms with Crippen molar-refractivity contribution in [2.75, 3.05) is 0 Å². The third-order valence-corrected chi connectivity index (χ3v) is 7.78. The van der Waals surface area contributed by atoms with E-state index < -0.39 is 26.7 Å². The average Bonchev–Trinajstić information content (AvgIpc) is 2.60. The van der Waals surface area contributed by atoms with Gasteiger partial charge in [-0.05, 0) is 24.8 Å². The minimum atomic E-state index is -3.40. The minimum Gasteiger partial charge on any atom is -0.453 e. The van der Waals surface area contributed by atoms with Gasteiger partial charge in [0.15, 0.2) is 15.4 Å². The van der Waals surface area contributed by atoms with E-state index in [0.29, 0.717) is 10.5 Å². The Balaban J connectivity index is 1.96. The molecule has 0 spiro atoms. The van der Waals surface area contributed by atoms with Crippen LogP contribution in [0.1, 0.15) is 38.2 Å². The van der Waals surface area contributed by atoms with Crippen molar-refractivity contribution >= 4 is 15.8 Å². The van der Waals surface area contributed by atoms with E-state index in [0.717, 1.165) is 25.7 Å². The van der Waals surface area contributed by atoms with E-state index in [1.807, 2.05) is 12.1 Å². The Morgan fingerprint density at radius 2 is 1.95 bits per heavy atom. The highest BCUT2D eigenvalue weighted by Gasteiger charge is 2.74. The Hall–Kier alpha value is -1.36. The maximum absolute atomic E-state index is 12.9. The van der Waals surface area contributed by atoms with Gasteiger partial charge in [0.1, 0.15) is 5.25 Å². The van der Waals surface area contributed by atoms with Gasteiger partial charge in [0.2, 0.25) is 0 Å². The fourth-order valence-corrected chi connectivity index (χ4v) is 7.55. The molecular formula is C16H18O4S. The number of carbonyl (C=O) groups is 1. The van der Waals surface area contributed by atoms with Gasteiger partial charge in [0.05, 0.1) is 4.90 Å². The fourth-order valence-electron chi connectivity index (χ4n) is 4.88. The van der Waals surface area contributed by atoms with Crippen molar-refractivity contribution < 1.29 is 17.9 Å². The van der Waals surface area contributed by atoms with Crippen LogP contribution in [-0.2, 0) is 25.0 Å². The van der Waals surface area contributed by atoms with Gasteiger partial charge >= 0.3 is 5.97 Å². The molecule has 2 fully saturated rings. The Morgan fingerprint density at radius 1 is 1.24 bits per heavy atom. The number of benzene rings is 1. The van der Waals surface area contributed by atoms with E-state index in [1.54, 1.807) is 12.1 Å². The van der Waals surface area contributed by atoms with Gasteiger partial charge in [0.25, 0.3) is 0 Å². The molecule has 21 heavy (non-hydrogen) atoms. The number of sulfone groups is 1. The molecule has 1 aromatic carbocycles. The van der Waals surface area contributed by atoms with Crippen LogP contribution < -0.4 is 0 Å². The fraction of sp³-hybridized carbons (Fsp3) is 0.562. The molecule has 4 rings (SSSR count). The Labute approximate surface area is 124 Å². The van der Waals surface area contributed by atoms with Crippen LogP contribution in [0.4, 0.5) is 0 Å². The number of esters is 1. The molecule has 1 aromatic rings. The van der Waals surface area contributed by atoms with Gasteiger partial charge in [-0.2, -0.15) is 0 Å². The number of hydrogen-bond acceptors (Lipinski definition) is 4. The largest absolute Gasteiger partial charge is 0.453 e. The van der Waals surface area contributed by atoms with Crippen molar-refractivity contribution in [2.24, 2.45) is 11.8 Å². The first kappa shape index (κ1) is 13.3. The molecule has 4 nitrogen and oxygen atoms in total. The zero-order valence-electron chi connectivity index (χ0n) is 11.9. The van der Waals surface area contributed by atoms with Crippen LogP contribution in [0.25, 0.3) is 0 Å². The number of hydrogen-bond donors (Lipinski definition) is 0. The zero-order chi connectivity index (χ0) is 14.8.